The minimum absolute atomic E-state index is 0.554. The van der Waals surface area contributed by atoms with Crippen LogP contribution in [0.4, 0.5) is 5.82 Å². The second kappa shape index (κ2) is 6.31. The summed E-state index contributed by atoms with van der Waals surface area (Å²) in [7, 11) is 0. The van der Waals surface area contributed by atoms with Gasteiger partial charge in [-0.2, -0.15) is 0 Å². The smallest absolute Gasteiger partial charge is 0.148 e. The molecule has 0 bridgehead atoms. The molecule has 0 atom stereocenters. The van der Waals surface area contributed by atoms with Gasteiger partial charge in [0.15, 0.2) is 0 Å². The molecule has 0 aromatic carbocycles. The molecule has 0 fully saturated rings. The Morgan fingerprint density at radius 3 is 2.94 bits per heavy atom. The molecule has 1 N–H and O–H groups in total. The van der Waals surface area contributed by atoms with E-state index in [2.05, 4.69) is 20.3 Å². The molecule has 0 aliphatic rings. The summed E-state index contributed by atoms with van der Waals surface area (Å²) in [5.41, 5.74) is 1.10. The number of rotatable bonds is 5. The Labute approximate surface area is 111 Å². The summed E-state index contributed by atoms with van der Waals surface area (Å²) in [6, 6.07) is 5.95. The van der Waals surface area contributed by atoms with Gasteiger partial charge in [0.2, 0.25) is 0 Å². The lowest BCUT2D eigenvalue weighted by molar-refractivity contribution is 0.831. The minimum atomic E-state index is 0.554. The zero-order valence-corrected chi connectivity index (χ0v) is 11.0. The van der Waals surface area contributed by atoms with E-state index in [1.54, 1.807) is 6.20 Å². The molecule has 0 saturated carbocycles. The van der Waals surface area contributed by atoms with Crippen molar-refractivity contribution in [1.82, 2.24) is 15.0 Å². The fraction of sp³-hybridized carbons (Fsp3) is 0.308. The Hall–Kier alpha value is -1.68. The van der Waals surface area contributed by atoms with Crippen LogP contribution in [0.15, 0.2) is 30.6 Å². The molecule has 2 rings (SSSR count). The Morgan fingerprint density at radius 2 is 2.17 bits per heavy atom. The second-order valence-electron chi connectivity index (χ2n) is 3.97. The van der Waals surface area contributed by atoms with Crippen LogP contribution in [-0.4, -0.2) is 21.5 Å². The van der Waals surface area contributed by atoms with Crippen molar-refractivity contribution in [3.8, 4) is 0 Å². The van der Waals surface area contributed by atoms with Crippen LogP contribution in [0.5, 0.6) is 0 Å². The number of nitrogens with zero attached hydrogens (tertiary/aromatic N) is 3. The number of hydrogen-bond acceptors (Lipinski definition) is 4. The summed E-state index contributed by atoms with van der Waals surface area (Å²) in [4.78, 5) is 12.5. The lowest BCUT2D eigenvalue weighted by Crippen LogP contribution is -2.06. The highest BCUT2D eigenvalue weighted by atomic mass is 35.5. The van der Waals surface area contributed by atoms with E-state index in [9.17, 15) is 0 Å². The summed E-state index contributed by atoms with van der Waals surface area (Å²) in [6.07, 6.45) is 5.35. The fourth-order valence-electron chi connectivity index (χ4n) is 1.60. The Balaban J connectivity index is 1.80. The van der Waals surface area contributed by atoms with Crippen molar-refractivity contribution in [2.75, 3.05) is 11.9 Å². The monoisotopic (exact) mass is 262 g/mol. The molecule has 2 aromatic rings. The molecule has 2 heterocycles. The van der Waals surface area contributed by atoms with Crippen LogP contribution in [0, 0.1) is 6.92 Å². The van der Waals surface area contributed by atoms with Crippen molar-refractivity contribution >= 4 is 17.4 Å². The van der Waals surface area contributed by atoms with Crippen molar-refractivity contribution in [2.45, 2.75) is 19.8 Å². The molecule has 4 nitrogen and oxygen atoms in total. The van der Waals surface area contributed by atoms with E-state index < -0.39 is 0 Å². The number of hydrogen-bond donors (Lipinski definition) is 1. The van der Waals surface area contributed by atoms with Gasteiger partial charge in [0.05, 0.1) is 6.20 Å². The SMILES string of the molecule is Cc1ncc(Cl)c(NCCCc2ccccn2)n1. The van der Waals surface area contributed by atoms with Gasteiger partial charge < -0.3 is 5.32 Å². The summed E-state index contributed by atoms with van der Waals surface area (Å²) < 4.78 is 0. The van der Waals surface area contributed by atoms with Crippen LogP contribution < -0.4 is 5.32 Å². The first-order valence-electron chi connectivity index (χ1n) is 5.88. The van der Waals surface area contributed by atoms with Gasteiger partial charge in [0, 0.05) is 18.4 Å². The van der Waals surface area contributed by atoms with E-state index in [1.807, 2.05) is 31.3 Å². The van der Waals surface area contributed by atoms with Gasteiger partial charge >= 0.3 is 0 Å². The molecule has 0 aliphatic heterocycles. The third kappa shape index (κ3) is 3.67. The Morgan fingerprint density at radius 1 is 1.28 bits per heavy atom. The highest BCUT2D eigenvalue weighted by molar-refractivity contribution is 6.32. The fourth-order valence-corrected chi connectivity index (χ4v) is 1.76. The van der Waals surface area contributed by atoms with Gasteiger partial charge in [-0.3, -0.25) is 4.98 Å². The van der Waals surface area contributed by atoms with Gasteiger partial charge in [-0.15, -0.1) is 0 Å². The molecular formula is C13H15ClN4. The summed E-state index contributed by atoms with van der Waals surface area (Å²) in [6.45, 7) is 2.65. The van der Waals surface area contributed by atoms with Gasteiger partial charge in [-0.25, -0.2) is 9.97 Å². The number of aryl methyl sites for hydroxylation is 2. The maximum atomic E-state index is 5.99. The summed E-state index contributed by atoms with van der Waals surface area (Å²) in [5.74, 6) is 1.41. The molecule has 0 aliphatic carbocycles. The lowest BCUT2D eigenvalue weighted by atomic mass is 10.2. The van der Waals surface area contributed by atoms with E-state index in [1.165, 1.54) is 0 Å². The zero-order chi connectivity index (χ0) is 12.8. The highest BCUT2D eigenvalue weighted by Crippen LogP contribution is 2.17. The van der Waals surface area contributed by atoms with Gasteiger partial charge in [0.25, 0.3) is 0 Å². The molecular weight excluding hydrogens is 248 g/mol. The number of nitrogens with one attached hydrogen (secondary N) is 1. The average Bonchev–Trinajstić information content (AvgIpc) is 2.40. The number of pyridine rings is 1. The van der Waals surface area contributed by atoms with E-state index in [4.69, 9.17) is 11.6 Å². The quantitative estimate of drug-likeness (QED) is 0.842. The molecule has 0 radical (unpaired) electrons. The topological polar surface area (TPSA) is 50.7 Å². The van der Waals surface area contributed by atoms with Crippen LogP contribution in [-0.2, 0) is 6.42 Å². The van der Waals surface area contributed by atoms with Gasteiger partial charge in [-0.1, -0.05) is 17.7 Å². The van der Waals surface area contributed by atoms with Crippen molar-refractivity contribution in [1.29, 1.82) is 0 Å². The van der Waals surface area contributed by atoms with Crippen LogP contribution in [0.25, 0.3) is 0 Å². The number of anilines is 1. The van der Waals surface area contributed by atoms with Crippen molar-refractivity contribution in [3.63, 3.8) is 0 Å². The molecule has 2 aromatic heterocycles. The molecule has 0 saturated heterocycles. The third-order valence-corrected chi connectivity index (χ3v) is 2.77. The standard InChI is InChI=1S/C13H15ClN4/c1-10-17-9-12(14)13(18-10)16-8-4-6-11-5-2-3-7-15-11/h2-3,5,7,9H,4,6,8H2,1H3,(H,16,17,18). The van der Waals surface area contributed by atoms with E-state index in [0.29, 0.717) is 16.7 Å². The average molecular weight is 263 g/mol. The van der Waals surface area contributed by atoms with Crippen molar-refractivity contribution in [3.05, 3.63) is 47.1 Å². The molecule has 5 heteroatoms. The first-order valence-corrected chi connectivity index (χ1v) is 6.26. The first kappa shape index (κ1) is 12.8. The Kier molecular flexibility index (Phi) is 4.47. The van der Waals surface area contributed by atoms with E-state index in [-0.39, 0.29) is 0 Å². The number of halogens is 1. The first-order chi connectivity index (χ1) is 8.75. The predicted molar refractivity (Wildman–Crippen MR) is 72.8 cm³/mol. The molecule has 18 heavy (non-hydrogen) atoms. The molecule has 0 unspecified atom stereocenters. The van der Waals surface area contributed by atoms with Crippen LogP contribution in [0.3, 0.4) is 0 Å². The third-order valence-electron chi connectivity index (χ3n) is 2.49. The second-order valence-corrected chi connectivity index (χ2v) is 4.37. The van der Waals surface area contributed by atoms with Crippen molar-refractivity contribution < 1.29 is 0 Å². The van der Waals surface area contributed by atoms with Gasteiger partial charge in [0.1, 0.15) is 16.7 Å². The largest absolute Gasteiger partial charge is 0.369 e. The molecule has 0 amide bonds. The summed E-state index contributed by atoms with van der Waals surface area (Å²) >= 11 is 5.99. The highest BCUT2D eigenvalue weighted by Gasteiger charge is 2.02. The van der Waals surface area contributed by atoms with Crippen LogP contribution >= 0.6 is 11.6 Å². The Bertz CT molecular complexity index is 502. The van der Waals surface area contributed by atoms with Crippen molar-refractivity contribution in [2.24, 2.45) is 0 Å². The normalized spacial score (nSPS) is 10.3. The summed E-state index contributed by atoms with van der Waals surface area (Å²) in [5, 5.41) is 3.77. The van der Waals surface area contributed by atoms with E-state index in [0.717, 1.165) is 25.1 Å². The maximum Gasteiger partial charge on any atom is 0.148 e. The predicted octanol–water partition coefficient (Wildman–Crippen LogP) is 2.88. The van der Waals surface area contributed by atoms with Gasteiger partial charge in [-0.05, 0) is 31.9 Å². The maximum absolute atomic E-state index is 5.99. The minimum Gasteiger partial charge on any atom is -0.369 e. The molecule has 94 valence electrons. The van der Waals surface area contributed by atoms with Crippen LogP contribution in [0.1, 0.15) is 17.9 Å². The molecule has 0 spiro atoms. The van der Waals surface area contributed by atoms with Crippen LogP contribution in [0.2, 0.25) is 5.02 Å². The zero-order valence-electron chi connectivity index (χ0n) is 10.2. The van der Waals surface area contributed by atoms with E-state index >= 15 is 0 Å². The lowest BCUT2D eigenvalue weighted by Gasteiger charge is -2.07. The number of aromatic nitrogens is 3.